The van der Waals surface area contributed by atoms with Gasteiger partial charge in [0.2, 0.25) is 0 Å². The summed E-state index contributed by atoms with van der Waals surface area (Å²) in [6.45, 7) is 8.01. The van der Waals surface area contributed by atoms with Crippen LogP contribution in [-0.2, 0) is 0 Å². The van der Waals surface area contributed by atoms with E-state index in [1.165, 1.54) is 19.3 Å². The molecule has 1 aliphatic rings. The zero-order valence-corrected chi connectivity index (χ0v) is 11.6. The molecular weight excluding hydrogens is 212 g/mol. The number of aliphatic hydroxyl groups excluding tert-OH is 1. The van der Waals surface area contributed by atoms with Gasteiger partial charge in [-0.3, -0.25) is 0 Å². The van der Waals surface area contributed by atoms with Crippen LogP contribution in [0.4, 0.5) is 0 Å². The third kappa shape index (κ3) is 2.92. The van der Waals surface area contributed by atoms with Crippen molar-refractivity contribution in [3.8, 4) is 0 Å². The van der Waals surface area contributed by atoms with Crippen molar-refractivity contribution in [1.82, 2.24) is 0 Å². The van der Waals surface area contributed by atoms with Crippen LogP contribution in [0.1, 0.15) is 59.8 Å². The van der Waals surface area contributed by atoms with Crippen LogP contribution in [0.15, 0.2) is 23.0 Å². The van der Waals surface area contributed by atoms with Crippen LogP contribution in [0.5, 0.6) is 0 Å². The summed E-state index contributed by atoms with van der Waals surface area (Å²) in [6.07, 6.45) is 7.17. The van der Waals surface area contributed by atoms with Crippen LogP contribution in [-0.4, -0.2) is 15.8 Å². The molecule has 98 valence electrons. The Hall–Kier alpha value is -0.760. The molecule has 0 aromatic carbocycles. The van der Waals surface area contributed by atoms with Gasteiger partial charge in [-0.2, -0.15) is 0 Å². The first-order chi connectivity index (χ1) is 7.93. The molecule has 0 aromatic heterocycles. The molecule has 0 aliphatic heterocycles. The molecule has 0 heterocycles. The van der Waals surface area contributed by atoms with Gasteiger partial charge in [0.15, 0.2) is 0 Å². The van der Waals surface area contributed by atoms with E-state index >= 15 is 0 Å². The molecule has 2 nitrogen and oxygen atoms in total. The number of unbranched alkanes of at least 4 members (excludes halogenated alkanes) is 3. The number of aliphatic hydroxyl groups is 2. The number of rotatable bonds is 5. The average Bonchev–Trinajstić information content (AvgIpc) is 2.30. The molecule has 0 amide bonds. The summed E-state index contributed by atoms with van der Waals surface area (Å²) in [7, 11) is 0. The van der Waals surface area contributed by atoms with E-state index in [0.29, 0.717) is 5.76 Å². The largest absolute Gasteiger partial charge is 0.508 e. The number of hydrogen-bond acceptors (Lipinski definition) is 2. The van der Waals surface area contributed by atoms with Gasteiger partial charge in [0.1, 0.15) is 5.76 Å². The molecule has 0 saturated heterocycles. The molecule has 2 atom stereocenters. The number of hydrogen-bond donors (Lipinski definition) is 2. The van der Waals surface area contributed by atoms with Crippen molar-refractivity contribution in [2.75, 3.05) is 0 Å². The van der Waals surface area contributed by atoms with E-state index in [2.05, 4.69) is 6.92 Å². The van der Waals surface area contributed by atoms with Crippen molar-refractivity contribution in [3.05, 3.63) is 23.0 Å². The second-order valence-electron chi connectivity index (χ2n) is 5.35. The van der Waals surface area contributed by atoms with Crippen LogP contribution in [0.2, 0.25) is 0 Å². The molecule has 1 aliphatic carbocycles. The Bertz CT molecular complexity index is 328. The lowest BCUT2D eigenvalue weighted by Gasteiger charge is -2.39. The highest BCUT2D eigenvalue weighted by Gasteiger charge is 2.39. The summed E-state index contributed by atoms with van der Waals surface area (Å²) < 4.78 is 0. The Kier molecular flexibility index (Phi) is 4.81. The Morgan fingerprint density at radius 3 is 2.47 bits per heavy atom. The van der Waals surface area contributed by atoms with E-state index in [1.807, 2.05) is 20.8 Å². The molecule has 0 radical (unpaired) electrons. The Morgan fingerprint density at radius 1 is 1.24 bits per heavy atom. The lowest BCUT2D eigenvalue weighted by molar-refractivity contribution is 0.0226. The summed E-state index contributed by atoms with van der Waals surface area (Å²) in [4.78, 5) is 0. The minimum absolute atomic E-state index is 0.00845. The molecule has 2 heteroatoms. The fraction of sp³-hybridized carbons (Fsp3) is 0.733. The zero-order valence-electron chi connectivity index (χ0n) is 11.6. The van der Waals surface area contributed by atoms with E-state index < -0.39 is 5.60 Å². The minimum atomic E-state index is -0.760. The van der Waals surface area contributed by atoms with Crippen molar-refractivity contribution >= 4 is 0 Å². The highest BCUT2D eigenvalue weighted by atomic mass is 16.3. The maximum Gasteiger partial charge on any atom is 0.114 e. The van der Waals surface area contributed by atoms with E-state index in [-0.39, 0.29) is 5.92 Å². The second kappa shape index (κ2) is 5.72. The van der Waals surface area contributed by atoms with Crippen LogP contribution in [0.25, 0.3) is 0 Å². The molecular formula is C15H26O2. The first kappa shape index (κ1) is 14.3. The number of allylic oxidation sites excluding steroid dienone is 1. The van der Waals surface area contributed by atoms with Crippen molar-refractivity contribution in [2.45, 2.75) is 65.4 Å². The summed E-state index contributed by atoms with van der Waals surface area (Å²) in [5, 5.41) is 20.5. The van der Waals surface area contributed by atoms with Gasteiger partial charge in [0.05, 0.1) is 5.60 Å². The summed E-state index contributed by atoms with van der Waals surface area (Å²) in [5.41, 5.74) is 1.03. The molecule has 2 N–H and O–H groups in total. The monoisotopic (exact) mass is 238 g/mol. The van der Waals surface area contributed by atoms with Gasteiger partial charge in [-0.1, -0.05) is 39.5 Å². The fourth-order valence-corrected chi connectivity index (χ4v) is 2.60. The Labute approximate surface area is 105 Å². The molecule has 0 aromatic rings. The third-order valence-corrected chi connectivity index (χ3v) is 4.22. The van der Waals surface area contributed by atoms with E-state index in [4.69, 9.17) is 0 Å². The van der Waals surface area contributed by atoms with E-state index in [0.717, 1.165) is 24.0 Å². The van der Waals surface area contributed by atoms with Crippen LogP contribution < -0.4 is 0 Å². The van der Waals surface area contributed by atoms with Gasteiger partial charge in [0, 0.05) is 5.92 Å². The van der Waals surface area contributed by atoms with Crippen LogP contribution in [0.3, 0.4) is 0 Å². The normalized spacial score (nSPS) is 29.5. The minimum Gasteiger partial charge on any atom is -0.508 e. The third-order valence-electron chi connectivity index (χ3n) is 4.22. The summed E-state index contributed by atoms with van der Waals surface area (Å²) in [6, 6.07) is 0. The quantitative estimate of drug-likeness (QED) is 0.707. The van der Waals surface area contributed by atoms with Gasteiger partial charge in [-0.25, -0.2) is 0 Å². The maximum atomic E-state index is 10.8. The van der Waals surface area contributed by atoms with Crippen LogP contribution >= 0.6 is 0 Å². The van der Waals surface area contributed by atoms with Gasteiger partial charge < -0.3 is 10.2 Å². The maximum absolute atomic E-state index is 10.8. The summed E-state index contributed by atoms with van der Waals surface area (Å²) in [5.74, 6) is 0.336. The Morgan fingerprint density at radius 2 is 1.88 bits per heavy atom. The predicted octanol–water partition coefficient (Wildman–Crippen LogP) is 4.12. The summed E-state index contributed by atoms with van der Waals surface area (Å²) >= 11 is 0. The fourth-order valence-electron chi connectivity index (χ4n) is 2.60. The highest BCUT2D eigenvalue weighted by Crippen LogP contribution is 2.40. The van der Waals surface area contributed by atoms with Crippen molar-refractivity contribution in [1.29, 1.82) is 0 Å². The van der Waals surface area contributed by atoms with Crippen molar-refractivity contribution in [3.63, 3.8) is 0 Å². The molecule has 0 saturated carbocycles. The topological polar surface area (TPSA) is 40.5 Å². The molecule has 0 bridgehead atoms. The molecule has 0 fully saturated rings. The van der Waals surface area contributed by atoms with Gasteiger partial charge in [-0.15, -0.1) is 0 Å². The standard InChI is InChI=1S/C15H26O2/c1-5-6-7-8-9-15(17)11(2)10-14(16)12(3)13(15)4/h10,13,16-17H,5-9H2,1-4H3. The van der Waals surface area contributed by atoms with Gasteiger partial charge in [-0.05, 0) is 37.5 Å². The van der Waals surface area contributed by atoms with Crippen LogP contribution in [0, 0.1) is 5.92 Å². The molecule has 17 heavy (non-hydrogen) atoms. The van der Waals surface area contributed by atoms with Crippen molar-refractivity contribution < 1.29 is 10.2 Å². The Balaban J connectivity index is 2.72. The first-order valence-electron chi connectivity index (χ1n) is 6.74. The van der Waals surface area contributed by atoms with Gasteiger partial charge >= 0.3 is 0 Å². The predicted molar refractivity (Wildman–Crippen MR) is 72.0 cm³/mol. The second-order valence-corrected chi connectivity index (χ2v) is 5.35. The average molecular weight is 238 g/mol. The highest BCUT2D eigenvalue weighted by molar-refractivity contribution is 5.36. The molecule has 0 spiro atoms. The molecule has 1 rings (SSSR count). The zero-order chi connectivity index (χ0) is 13.1. The smallest absolute Gasteiger partial charge is 0.114 e. The molecule has 2 unspecified atom stereocenters. The lowest BCUT2D eigenvalue weighted by atomic mass is 9.72. The van der Waals surface area contributed by atoms with E-state index in [1.54, 1.807) is 6.08 Å². The lowest BCUT2D eigenvalue weighted by Crippen LogP contribution is -2.40. The van der Waals surface area contributed by atoms with E-state index in [9.17, 15) is 10.2 Å². The van der Waals surface area contributed by atoms with Gasteiger partial charge in [0.25, 0.3) is 0 Å². The first-order valence-corrected chi connectivity index (χ1v) is 6.74. The van der Waals surface area contributed by atoms with Crippen molar-refractivity contribution in [2.24, 2.45) is 5.92 Å². The SMILES string of the molecule is CCCCCCC1(O)C(C)=CC(O)=C(C)C1C.